The molecule has 0 heterocycles. The third-order valence-electron chi connectivity index (χ3n) is 2.47. The van der Waals surface area contributed by atoms with Crippen molar-refractivity contribution in [1.29, 1.82) is 0 Å². The molecule has 1 aliphatic carbocycles. The van der Waals surface area contributed by atoms with E-state index in [1.54, 1.807) is 0 Å². The molecule has 0 atom stereocenters. The molecule has 0 unspecified atom stereocenters. The van der Waals surface area contributed by atoms with Gasteiger partial charge in [-0.05, 0) is 38.8 Å². The molecular weight excluding hydrogens is 214 g/mol. The first kappa shape index (κ1) is 11.9. The average molecular weight is 233 g/mol. The van der Waals surface area contributed by atoms with Gasteiger partial charge in [-0.2, -0.15) is 0 Å². The van der Waals surface area contributed by atoms with Crippen LogP contribution in [0.3, 0.4) is 0 Å². The number of aliphatic imine (C=N–C) groups is 1. The first-order chi connectivity index (χ1) is 8.19. The van der Waals surface area contributed by atoms with Gasteiger partial charge in [0.2, 0.25) is 0 Å². The summed E-state index contributed by atoms with van der Waals surface area (Å²) in [5, 5.41) is 0. The van der Waals surface area contributed by atoms with Crippen LogP contribution in [0.15, 0.2) is 29.3 Å². The van der Waals surface area contributed by atoms with E-state index in [1.165, 1.54) is 0 Å². The average Bonchev–Trinajstić information content (AvgIpc) is 3.09. The normalized spacial score (nSPS) is 16.1. The van der Waals surface area contributed by atoms with Crippen molar-refractivity contribution < 1.29 is 4.74 Å². The van der Waals surface area contributed by atoms with Gasteiger partial charge in [0, 0.05) is 5.56 Å². The van der Waals surface area contributed by atoms with Crippen molar-refractivity contribution in [2.75, 3.05) is 0 Å². The monoisotopic (exact) mass is 233 g/mol. The molecule has 3 N–H and O–H groups in total. The molecule has 1 fully saturated rings. The number of rotatable bonds is 4. The maximum Gasteiger partial charge on any atom is 0.142 e. The molecule has 0 aromatic heterocycles. The summed E-state index contributed by atoms with van der Waals surface area (Å²) >= 11 is 0. The smallest absolute Gasteiger partial charge is 0.142 e. The molecule has 2 rings (SSSR count). The van der Waals surface area contributed by atoms with Gasteiger partial charge in [0.1, 0.15) is 11.6 Å². The molecule has 4 nitrogen and oxygen atoms in total. The lowest BCUT2D eigenvalue weighted by atomic mass is 10.2. The van der Waals surface area contributed by atoms with Crippen LogP contribution in [-0.2, 0) is 0 Å². The zero-order valence-corrected chi connectivity index (χ0v) is 10.3. The number of hydrazine groups is 1. The Balaban J connectivity index is 2.18. The van der Waals surface area contributed by atoms with E-state index in [9.17, 15) is 0 Å². The van der Waals surface area contributed by atoms with Crippen molar-refractivity contribution in [3.63, 3.8) is 0 Å². The highest BCUT2D eigenvalue weighted by atomic mass is 16.5. The first-order valence-electron chi connectivity index (χ1n) is 6.00. The largest absolute Gasteiger partial charge is 0.491 e. The third kappa shape index (κ3) is 3.46. The molecule has 4 heteroatoms. The van der Waals surface area contributed by atoms with E-state index >= 15 is 0 Å². The molecule has 1 aliphatic rings. The fourth-order valence-electron chi connectivity index (χ4n) is 1.57. The fraction of sp³-hybridized carbons (Fsp3) is 0.462. The Hall–Kier alpha value is -1.55. The van der Waals surface area contributed by atoms with Crippen LogP contribution in [0.5, 0.6) is 5.75 Å². The molecule has 1 aromatic rings. The lowest BCUT2D eigenvalue weighted by Gasteiger charge is -2.11. The molecular formula is C13H19N3O. The van der Waals surface area contributed by atoms with Crippen LogP contribution in [0.25, 0.3) is 0 Å². The predicted octanol–water partition coefficient (Wildman–Crippen LogP) is 1.85. The molecule has 0 spiro atoms. The minimum absolute atomic E-state index is 0.167. The SMILES string of the molecule is CC(C)Oc1cccc(C(=NC2CC2)NN)c1. The maximum absolute atomic E-state index is 5.65. The fourth-order valence-corrected chi connectivity index (χ4v) is 1.57. The summed E-state index contributed by atoms with van der Waals surface area (Å²) in [5.41, 5.74) is 3.63. The minimum Gasteiger partial charge on any atom is -0.491 e. The number of hydrogen-bond donors (Lipinski definition) is 2. The highest BCUT2D eigenvalue weighted by Crippen LogP contribution is 2.24. The third-order valence-corrected chi connectivity index (χ3v) is 2.47. The minimum atomic E-state index is 0.167. The van der Waals surface area contributed by atoms with E-state index in [0.29, 0.717) is 6.04 Å². The molecule has 92 valence electrons. The number of amidine groups is 1. The summed E-state index contributed by atoms with van der Waals surface area (Å²) in [5.74, 6) is 7.09. The number of nitrogens with one attached hydrogen (secondary N) is 1. The summed E-state index contributed by atoms with van der Waals surface area (Å²) < 4.78 is 5.65. The number of nitrogens with zero attached hydrogens (tertiary/aromatic N) is 1. The van der Waals surface area contributed by atoms with E-state index in [2.05, 4.69) is 10.4 Å². The van der Waals surface area contributed by atoms with Gasteiger partial charge in [-0.1, -0.05) is 12.1 Å². The Morgan fingerprint density at radius 2 is 2.24 bits per heavy atom. The van der Waals surface area contributed by atoms with E-state index in [4.69, 9.17) is 10.6 Å². The van der Waals surface area contributed by atoms with Gasteiger partial charge >= 0.3 is 0 Å². The van der Waals surface area contributed by atoms with Crippen LogP contribution in [0.1, 0.15) is 32.3 Å². The number of hydrogen-bond acceptors (Lipinski definition) is 3. The molecule has 17 heavy (non-hydrogen) atoms. The number of nitrogens with two attached hydrogens (primary N) is 1. The molecule has 1 aromatic carbocycles. The lowest BCUT2D eigenvalue weighted by Crippen LogP contribution is -2.31. The highest BCUT2D eigenvalue weighted by Gasteiger charge is 2.21. The zero-order chi connectivity index (χ0) is 12.3. The quantitative estimate of drug-likeness (QED) is 0.361. The van der Waals surface area contributed by atoms with Crippen LogP contribution in [0.2, 0.25) is 0 Å². The molecule has 0 saturated heterocycles. The van der Waals surface area contributed by atoms with Crippen molar-refractivity contribution in [2.45, 2.75) is 38.8 Å². The van der Waals surface area contributed by atoms with Gasteiger partial charge in [-0.15, -0.1) is 0 Å². The number of ether oxygens (including phenoxy) is 1. The predicted molar refractivity (Wildman–Crippen MR) is 69.1 cm³/mol. The van der Waals surface area contributed by atoms with E-state index in [0.717, 1.165) is 30.0 Å². The second kappa shape index (κ2) is 5.19. The van der Waals surface area contributed by atoms with Crippen molar-refractivity contribution in [2.24, 2.45) is 10.8 Å². The van der Waals surface area contributed by atoms with Gasteiger partial charge in [0.05, 0.1) is 12.1 Å². The first-order valence-corrected chi connectivity index (χ1v) is 6.00. The molecule has 0 aliphatic heterocycles. The van der Waals surface area contributed by atoms with Crippen molar-refractivity contribution in [3.05, 3.63) is 29.8 Å². The van der Waals surface area contributed by atoms with Crippen molar-refractivity contribution in [3.8, 4) is 5.75 Å². The topological polar surface area (TPSA) is 59.6 Å². The van der Waals surface area contributed by atoms with Gasteiger partial charge in [-0.3, -0.25) is 4.99 Å². The van der Waals surface area contributed by atoms with Gasteiger partial charge in [0.25, 0.3) is 0 Å². The molecule has 0 radical (unpaired) electrons. The summed E-state index contributed by atoms with van der Waals surface area (Å²) in [7, 11) is 0. The summed E-state index contributed by atoms with van der Waals surface area (Å²) in [4.78, 5) is 4.52. The molecule has 0 amide bonds. The van der Waals surface area contributed by atoms with Crippen LogP contribution in [0, 0.1) is 0 Å². The van der Waals surface area contributed by atoms with Crippen LogP contribution >= 0.6 is 0 Å². The lowest BCUT2D eigenvalue weighted by molar-refractivity contribution is 0.242. The van der Waals surface area contributed by atoms with Gasteiger partial charge < -0.3 is 10.2 Å². The summed E-state index contributed by atoms with van der Waals surface area (Å²) in [6.07, 6.45) is 2.49. The second-order valence-corrected chi connectivity index (χ2v) is 4.55. The standard InChI is InChI=1S/C13H19N3O/c1-9(2)17-12-5-3-4-10(8-12)13(16-14)15-11-6-7-11/h3-5,8-9,11H,6-7,14H2,1-2H3,(H,15,16). The summed E-state index contributed by atoms with van der Waals surface area (Å²) in [6.45, 7) is 4.01. The Morgan fingerprint density at radius 1 is 1.47 bits per heavy atom. The van der Waals surface area contributed by atoms with E-state index < -0.39 is 0 Å². The van der Waals surface area contributed by atoms with Crippen molar-refractivity contribution >= 4 is 5.84 Å². The van der Waals surface area contributed by atoms with Gasteiger partial charge in [0.15, 0.2) is 0 Å². The number of benzene rings is 1. The highest BCUT2D eigenvalue weighted by molar-refractivity contribution is 5.98. The maximum atomic E-state index is 5.65. The van der Waals surface area contributed by atoms with Crippen LogP contribution in [-0.4, -0.2) is 18.0 Å². The Labute approximate surface area is 102 Å². The Morgan fingerprint density at radius 3 is 2.82 bits per heavy atom. The molecule has 0 bridgehead atoms. The zero-order valence-electron chi connectivity index (χ0n) is 10.3. The van der Waals surface area contributed by atoms with Gasteiger partial charge in [-0.25, -0.2) is 5.84 Å². The Bertz CT molecular complexity index is 411. The summed E-state index contributed by atoms with van der Waals surface area (Å²) in [6, 6.07) is 8.27. The Kier molecular flexibility index (Phi) is 3.64. The second-order valence-electron chi connectivity index (χ2n) is 4.55. The van der Waals surface area contributed by atoms with E-state index in [-0.39, 0.29) is 6.10 Å². The van der Waals surface area contributed by atoms with E-state index in [1.807, 2.05) is 38.1 Å². The van der Waals surface area contributed by atoms with Crippen LogP contribution < -0.4 is 16.0 Å². The van der Waals surface area contributed by atoms with Crippen LogP contribution in [0.4, 0.5) is 0 Å². The van der Waals surface area contributed by atoms with Crippen molar-refractivity contribution in [1.82, 2.24) is 5.43 Å². The molecule has 1 saturated carbocycles.